The Morgan fingerprint density at radius 2 is 0.667 bits per heavy atom. The van der Waals surface area contributed by atoms with Gasteiger partial charge in [0.2, 0.25) is 5.91 Å². The van der Waals surface area contributed by atoms with Crippen LogP contribution in [0.4, 0.5) is 0 Å². The lowest BCUT2D eigenvalue weighted by Crippen LogP contribution is -2.45. The summed E-state index contributed by atoms with van der Waals surface area (Å²) in [6.07, 6.45) is 83.2. The van der Waals surface area contributed by atoms with Crippen molar-refractivity contribution in [1.29, 1.82) is 0 Å². The molecule has 0 fully saturated rings. The summed E-state index contributed by atoms with van der Waals surface area (Å²) >= 11 is 0. The molecule has 0 aromatic carbocycles. The highest BCUT2D eigenvalue weighted by Crippen LogP contribution is 2.17. The van der Waals surface area contributed by atoms with E-state index in [1.807, 2.05) is 6.08 Å². The summed E-state index contributed by atoms with van der Waals surface area (Å²) in [6.45, 7) is 4.89. The molecule has 0 aromatic heterocycles. The predicted octanol–water partition coefficient (Wildman–Crippen LogP) is 21.3. The number of hydrogen-bond donors (Lipinski definition) is 3. The molecular formula is C69H129NO5. The predicted molar refractivity (Wildman–Crippen MR) is 329 cm³/mol. The second-order valence-corrected chi connectivity index (χ2v) is 22.8. The molecule has 1 amide bonds. The third kappa shape index (κ3) is 60.9. The standard InChI is InChI=1S/C69H129NO5/c1-3-5-7-9-11-13-15-17-19-35-39-43-47-51-55-59-63-69(74)75-64-60-56-52-48-44-40-36-33-31-29-27-25-23-21-20-22-24-26-28-30-32-34-38-42-46-50-54-58-62-68(73)70-66(65-71)67(72)61-57-53-49-45-41-37-18-16-14-12-10-8-6-4-2/h13,15,19-21,35,57,61,66-67,71-72H,3-12,14,16-18,22-34,36-56,58-60,62-65H2,1-2H3,(H,70,73)/b15-13-,21-20-,35-19-,61-57+. The summed E-state index contributed by atoms with van der Waals surface area (Å²) in [5.74, 6) is -0.0653. The van der Waals surface area contributed by atoms with Gasteiger partial charge in [0.25, 0.3) is 0 Å². The largest absolute Gasteiger partial charge is 0.466 e. The van der Waals surface area contributed by atoms with Crippen molar-refractivity contribution in [3.63, 3.8) is 0 Å². The van der Waals surface area contributed by atoms with Crippen LogP contribution in [0.3, 0.4) is 0 Å². The fourth-order valence-corrected chi connectivity index (χ4v) is 10.2. The SMILES string of the molecule is CCCCCC/C=C\C/C=C\CCCCCCCC(=O)OCCCCCCCCCCCCCC/C=C\CCCCCCCCCCCCCCC(=O)NC(CO)C(O)/C=C/CCCCCCCCCCCCCC. The van der Waals surface area contributed by atoms with Gasteiger partial charge in [-0.15, -0.1) is 0 Å². The zero-order valence-electron chi connectivity index (χ0n) is 50.3. The second-order valence-electron chi connectivity index (χ2n) is 22.8. The summed E-state index contributed by atoms with van der Waals surface area (Å²) in [7, 11) is 0. The minimum atomic E-state index is -0.844. The summed E-state index contributed by atoms with van der Waals surface area (Å²) in [5.41, 5.74) is 0. The number of aliphatic hydroxyl groups excluding tert-OH is 2. The molecule has 6 heteroatoms. The molecule has 0 bridgehead atoms. The number of nitrogens with one attached hydrogen (secondary N) is 1. The molecule has 0 saturated heterocycles. The van der Waals surface area contributed by atoms with E-state index < -0.39 is 12.1 Å². The number of rotatable bonds is 62. The maximum Gasteiger partial charge on any atom is 0.305 e. The van der Waals surface area contributed by atoms with E-state index in [1.54, 1.807) is 6.08 Å². The van der Waals surface area contributed by atoms with Crippen molar-refractivity contribution in [2.24, 2.45) is 0 Å². The lowest BCUT2D eigenvalue weighted by molar-refractivity contribution is -0.143. The van der Waals surface area contributed by atoms with Gasteiger partial charge in [0.1, 0.15) is 0 Å². The van der Waals surface area contributed by atoms with Crippen LogP contribution >= 0.6 is 0 Å². The maximum absolute atomic E-state index is 12.5. The maximum atomic E-state index is 12.5. The number of amides is 1. The van der Waals surface area contributed by atoms with E-state index in [2.05, 4.69) is 55.6 Å². The number of ether oxygens (including phenoxy) is 1. The van der Waals surface area contributed by atoms with E-state index in [-0.39, 0.29) is 18.5 Å². The van der Waals surface area contributed by atoms with E-state index in [4.69, 9.17) is 4.74 Å². The fraction of sp³-hybridized carbons (Fsp3) is 0.855. The molecule has 2 atom stereocenters. The third-order valence-electron chi connectivity index (χ3n) is 15.3. The second kappa shape index (κ2) is 64.3. The molecule has 0 aromatic rings. The Labute approximate surface area is 467 Å². The van der Waals surface area contributed by atoms with Gasteiger partial charge in [-0.3, -0.25) is 9.59 Å². The third-order valence-corrected chi connectivity index (χ3v) is 15.3. The molecule has 0 saturated carbocycles. The zero-order chi connectivity index (χ0) is 54.3. The highest BCUT2D eigenvalue weighted by molar-refractivity contribution is 5.76. The molecular weight excluding hydrogens is 923 g/mol. The van der Waals surface area contributed by atoms with E-state index in [0.717, 1.165) is 51.4 Å². The van der Waals surface area contributed by atoms with E-state index in [1.165, 1.54) is 276 Å². The lowest BCUT2D eigenvalue weighted by Gasteiger charge is -2.20. The molecule has 75 heavy (non-hydrogen) atoms. The first-order valence-electron chi connectivity index (χ1n) is 33.4. The van der Waals surface area contributed by atoms with Crippen molar-refractivity contribution in [3.05, 3.63) is 48.6 Å². The summed E-state index contributed by atoms with van der Waals surface area (Å²) in [4.78, 5) is 24.5. The van der Waals surface area contributed by atoms with Gasteiger partial charge in [0.05, 0.1) is 25.4 Å². The monoisotopic (exact) mass is 1050 g/mol. The van der Waals surface area contributed by atoms with Crippen molar-refractivity contribution in [2.45, 2.75) is 366 Å². The fourth-order valence-electron chi connectivity index (χ4n) is 10.2. The molecule has 440 valence electrons. The van der Waals surface area contributed by atoms with Crippen LogP contribution in [-0.2, 0) is 14.3 Å². The van der Waals surface area contributed by atoms with Crippen LogP contribution in [0.1, 0.15) is 354 Å². The Kier molecular flexibility index (Phi) is 62.5. The average molecular weight is 1050 g/mol. The van der Waals surface area contributed by atoms with Crippen molar-refractivity contribution in [2.75, 3.05) is 13.2 Å². The number of unbranched alkanes of at least 4 members (excludes halogenated alkanes) is 45. The van der Waals surface area contributed by atoms with Crippen molar-refractivity contribution in [1.82, 2.24) is 5.32 Å². The van der Waals surface area contributed by atoms with Gasteiger partial charge in [-0.2, -0.15) is 0 Å². The number of esters is 1. The van der Waals surface area contributed by atoms with Gasteiger partial charge in [-0.1, -0.05) is 300 Å². The van der Waals surface area contributed by atoms with Crippen molar-refractivity contribution < 1.29 is 24.5 Å². The van der Waals surface area contributed by atoms with Crippen molar-refractivity contribution >= 4 is 11.9 Å². The number of carbonyl (C=O) groups excluding carboxylic acids is 2. The molecule has 0 aliphatic heterocycles. The minimum Gasteiger partial charge on any atom is -0.466 e. The Morgan fingerprint density at radius 1 is 0.373 bits per heavy atom. The van der Waals surface area contributed by atoms with Crippen LogP contribution in [0.15, 0.2) is 48.6 Å². The number of hydrogen-bond acceptors (Lipinski definition) is 5. The van der Waals surface area contributed by atoms with Gasteiger partial charge in [-0.05, 0) is 89.9 Å². The molecule has 0 radical (unpaired) electrons. The summed E-state index contributed by atoms with van der Waals surface area (Å²) in [5, 5.41) is 23.1. The van der Waals surface area contributed by atoms with Gasteiger partial charge in [0.15, 0.2) is 0 Å². The number of allylic oxidation sites excluding steroid dienone is 7. The molecule has 2 unspecified atom stereocenters. The quantitative estimate of drug-likeness (QED) is 0.0320. The van der Waals surface area contributed by atoms with Crippen LogP contribution in [0.2, 0.25) is 0 Å². The molecule has 0 aliphatic rings. The van der Waals surface area contributed by atoms with Crippen LogP contribution in [0.25, 0.3) is 0 Å². The van der Waals surface area contributed by atoms with E-state index in [9.17, 15) is 19.8 Å². The van der Waals surface area contributed by atoms with Gasteiger partial charge < -0.3 is 20.3 Å². The topological polar surface area (TPSA) is 95.9 Å². The Balaban J connectivity index is 3.39. The van der Waals surface area contributed by atoms with Crippen LogP contribution in [0, 0.1) is 0 Å². The smallest absolute Gasteiger partial charge is 0.305 e. The number of carbonyl (C=O) groups is 2. The van der Waals surface area contributed by atoms with Gasteiger partial charge in [-0.25, -0.2) is 0 Å². The Bertz CT molecular complexity index is 1260. The average Bonchev–Trinajstić information content (AvgIpc) is 3.41. The van der Waals surface area contributed by atoms with E-state index in [0.29, 0.717) is 19.4 Å². The Hall–Kier alpha value is -2.18. The first kappa shape index (κ1) is 72.8. The van der Waals surface area contributed by atoms with Crippen LogP contribution < -0.4 is 5.32 Å². The van der Waals surface area contributed by atoms with E-state index >= 15 is 0 Å². The van der Waals surface area contributed by atoms with Crippen LogP contribution in [0.5, 0.6) is 0 Å². The summed E-state index contributed by atoms with van der Waals surface area (Å²) in [6, 6.07) is -0.628. The molecule has 6 nitrogen and oxygen atoms in total. The first-order chi connectivity index (χ1) is 37.0. The molecule has 0 spiro atoms. The van der Waals surface area contributed by atoms with Crippen LogP contribution in [-0.4, -0.2) is 47.4 Å². The van der Waals surface area contributed by atoms with Gasteiger partial charge in [0, 0.05) is 12.8 Å². The first-order valence-corrected chi connectivity index (χ1v) is 33.4. The molecule has 0 aliphatic carbocycles. The zero-order valence-corrected chi connectivity index (χ0v) is 50.3. The number of aliphatic hydroxyl groups is 2. The highest BCUT2D eigenvalue weighted by Gasteiger charge is 2.18. The summed E-state index contributed by atoms with van der Waals surface area (Å²) < 4.78 is 5.49. The lowest BCUT2D eigenvalue weighted by atomic mass is 10.0. The highest BCUT2D eigenvalue weighted by atomic mass is 16.5. The Morgan fingerprint density at radius 3 is 1.04 bits per heavy atom. The molecule has 3 N–H and O–H groups in total. The molecule has 0 rings (SSSR count). The van der Waals surface area contributed by atoms with Gasteiger partial charge >= 0.3 is 5.97 Å². The molecule has 0 heterocycles. The minimum absolute atomic E-state index is 0.00186. The van der Waals surface area contributed by atoms with Crippen molar-refractivity contribution in [3.8, 4) is 0 Å². The normalized spacial score (nSPS) is 12.9.